The molecule has 0 aliphatic carbocycles. The van der Waals surface area contributed by atoms with Crippen LogP contribution < -0.4 is 0 Å². The third-order valence-electron chi connectivity index (χ3n) is 2.49. The average Bonchev–Trinajstić information content (AvgIpc) is 2.78. The molecule has 1 aromatic heterocycles. The van der Waals surface area contributed by atoms with E-state index in [1.165, 1.54) is 12.3 Å². The van der Waals surface area contributed by atoms with Crippen LogP contribution in [0.1, 0.15) is 32.0 Å². The third kappa shape index (κ3) is 2.25. The minimum Gasteiger partial charge on any atom is -0.477 e. The number of nitrogens with one attached hydrogen (secondary N) is 1. The van der Waals surface area contributed by atoms with Crippen molar-refractivity contribution in [1.29, 1.82) is 0 Å². The first-order chi connectivity index (χ1) is 8.08. The zero-order valence-corrected chi connectivity index (χ0v) is 9.23. The number of hydrogen-bond donors (Lipinski definition) is 2. The lowest BCUT2D eigenvalue weighted by Gasteiger charge is -1.98. The highest BCUT2D eigenvalue weighted by Crippen LogP contribution is 2.12. The van der Waals surface area contributed by atoms with Gasteiger partial charge in [0.05, 0.1) is 0 Å². The van der Waals surface area contributed by atoms with Crippen molar-refractivity contribution in [3.05, 3.63) is 58.9 Å². The fraction of sp³-hybridized carbons (Fsp3) is 0.0769. The van der Waals surface area contributed by atoms with Gasteiger partial charge in [0.25, 0.3) is 0 Å². The summed E-state index contributed by atoms with van der Waals surface area (Å²) in [6.45, 7) is 1.94. The van der Waals surface area contributed by atoms with Crippen molar-refractivity contribution in [3.63, 3.8) is 0 Å². The first-order valence-electron chi connectivity index (χ1n) is 5.11. The molecular weight excluding hydrogens is 218 g/mol. The summed E-state index contributed by atoms with van der Waals surface area (Å²) >= 11 is 0. The Balaban J connectivity index is 2.30. The lowest BCUT2D eigenvalue weighted by molar-refractivity contribution is 0.0691. The van der Waals surface area contributed by atoms with Crippen LogP contribution in [0.5, 0.6) is 0 Å². The van der Waals surface area contributed by atoms with E-state index in [1.807, 2.05) is 19.1 Å². The Hall–Kier alpha value is -2.36. The molecule has 86 valence electrons. The van der Waals surface area contributed by atoms with E-state index in [4.69, 9.17) is 5.11 Å². The summed E-state index contributed by atoms with van der Waals surface area (Å²) in [7, 11) is 0. The van der Waals surface area contributed by atoms with Gasteiger partial charge >= 0.3 is 5.97 Å². The molecule has 0 aliphatic rings. The zero-order chi connectivity index (χ0) is 12.4. The van der Waals surface area contributed by atoms with Crippen LogP contribution in [-0.2, 0) is 0 Å². The van der Waals surface area contributed by atoms with E-state index in [0.717, 1.165) is 5.56 Å². The summed E-state index contributed by atoms with van der Waals surface area (Å²) in [4.78, 5) is 25.2. The minimum atomic E-state index is -1.08. The van der Waals surface area contributed by atoms with Crippen LogP contribution in [0, 0.1) is 6.92 Å². The van der Waals surface area contributed by atoms with Crippen LogP contribution in [0.4, 0.5) is 0 Å². The molecule has 0 amide bonds. The predicted octanol–water partition coefficient (Wildman–Crippen LogP) is 2.25. The van der Waals surface area contributed by atoms with Gasteiger partial charge in [-0.1, -0.05) is 29.8 Å². The van der Waals surface area contributed by atoms with Crippen molar-refractivity contribution < 1.29 is 14.7 Å². The van der Waals surface area contributed by atoms with Crippen molar-refractivity contribution in [2.75, 3.05) is 0 Å². The molecule has 4 nitrogen and oxygen atoms in total. The molecule has 0 fully saturated rings. The minimum absolute atomic E-state index is 0.0143. The molecule has 0 saturated heterocycles. The van der Waals surface area contributed by atoms with E-state index in [2.05, 4.69) is 4.98 Å². The summed E-state index contributed by atoms with van der Waals surface area (Å²) in [6.07, 6.45) is 1.41. The van der Waals surface area contributed by atoms with Crippen molar-refractivity contribution in [1.82, 2.24) is 4.98 Å². The SMILES string of the molecule is Cc1ccc(C(=O)c2c[nH]c(C(=O)O)c2)cc1. The van der Waals surface area contributed by atoms with Gasteiger partial charge in [-0.2, -0.15) is 0 Å². The molecule has 2 rings (SSSR count). The standard InChI is InChI=1S/C13H11NO3/c1-8-2-4-9(5-3-8)12(15)10-6-11(13(16)17)14-7-10/h2-7,14H,1H3,(H,16,17). The Kier molecular flexibility index (Phi) is 2.78. The summed E-state index contributed by atoms with van der Waals surface area (Å²) in [5.41, 5.74) is 1.99. The second kappa shape index (κ2) is 4.25. The molecule has 2 aromatic rings. The molecule has 1 aromatic carbocycles. The van der Waals surface area contributed by atoms with Gasteiger partial charge < -0.3 is 10.1 Å². The summed E-state index contributed by atoms with van der Waals surface area (Å²) in [6, 6.07) is 8.48. The first kappa shape index (κ1) is 11.1. The van der Waals surface area contributed by atoms with Gasteiger partial charge in [0.15, 0.2) is 5.78 Å². The maximum Gasteiger partial charge on any atom is 0.352 e. The number of carboxylic acids is 1. The number of aromatic nitrogens is 1. The molecule has 0 spiro atoms. The number of carbonyl (C=O) groups excluding carboxylic acids is 1. The lowest BCUT2D eigenvalue weighted by atomic mass is 10.0. The molecule has 0 radical (unpaired) electrons. The molecular formula is C13H11NO3. The van der Waals surface area contributed by atoms with Crippen molar-refractivity contribution in [2.24, 2.45) is 0 Å². The van der Waals surface area contributed by atoms with Crippen LogP contribution in [-0.4, -0.2) is 21.8 Å². The zero-order valence-electron chi connectivity index (χ0n) is 9.23. The topological polar surface area (TPSA) is 70.2 Å². The number of H-pyrrole nitrogens is 1. The number of carbonyl (C=O) groups is 2. The van der Waals surface area contributed by atoms with Crippen LogP contribution in [0.2, 0.25) is 0 Å². The lowest BCUT2D eigenvalue weighted by Crippen LogP contribution is -2.00. The molecule has 0 bridgehead atoms. The van der Waals surface area contributed by atoms with E-state index >= 15 is 0 Å². The molecule has 0 saturated carbocycles. The molecule has 2 N–H and O–H groups in total. The van der Waals surface area contributed by atoms with Gasteiger partial charge in [-0.3, -0.25) is 4.79 Å². The Bertz CT molecular complexity index is 567. The summed E-state index contributed by atoms with van der Waals surface area (Å²) in [5, 5.41) is 8.74. The third-order valence-corrected chi connectivity index (χ3v) is 2.49. The van der Waals surface area contributed by atoms with Gasteiger partial charge in [-0.25, -0.2) is 4.79 Å². The normalized spacial score (nSPS) is 10.2. The fourth-order valence-electron chi connectivity index (χ4n) is 1.52. The van der Waals surface area contributed by atoms with Crippen molar-refractivity contribution >= 4 is 11.8 Å². The second-order valence-corrected chi connectivity index (χ2v) is 3.80. The molecule has 4 heteroatoms. The van der Waals surface area contributed by atoms with Crippen LogP contribution in [0.15, 0.2) is 36.5 Å². The molecule has 0 atom stereocenters. The van der Waals surface area contributed by atoms with Crippen LogP contribution >= 0.6 is 0 Å². The highest BCUT2D eigenvalue weighted by Gasteiger charge is 2.13. The Morgan fingerprint density at radius 2 is 1.76 bits per heavy atom. The second-order valence-electron chi connectivity index (χ2n) is 3.80. The highest BCUT2D eigenvalue weighted by atomic mass is 16.4. The molecule has 0 aliphatic heterocycles. The number of ketones is 1. The number of carboxylic acid groups (broad SMARTS) is 1. The van der Waals surface area contributed by atoms with Gasteiger partial charge in [0, 0.05) is 17.3 Å². The average molecular weight is 229 g/mol. The van der Waals surface area contributed by atoms with Gasteiger partial charge in [-0.15, -0.1) is 0 Å². The van der Waals surface area contributed by atoms with Crippen molar-refractivity contribution in [3.8, 4) is 0 Å². The Morgan fingerprint density at radius 1 is 1.12 bits per heavy atom. The fourth-order valence-corrected chi connectivity index (χ4v) is 1.52. The first-order valence-corrected chi connectivity index (χ1v) is 5.11. The van der Waals surface area contributed by atoms with Crippen LogP contribution in [0.3, 0.4) is 0 Å². The van der Waals surface area contributed by atoms with Gasteiger partial charge in [0.2, 0.25) is 0 Å². The Morgan fingerprint density at radius 3 is 2.29 bits per heavy atom. The van der Waals surface area contributed by atoms with E-state index in [1.54, 1.807) is 12.1 Å². The van der Waals surface area contributed by atoms with Crippen LogP contribution in [0.25, 0.3) is 0 Å². The summed E-state index contributed by atoms with van der Waals surface area (Å²) in [5.74, 6) is -1.26. The smallest absolute Gasteiger partial charge is 0.352 e. The largest absolute Gasteiger partial charge is 0.477 e. The number of benzene rings is 1. The number of aromatic carboxylic acids is 1. The number of aryl methyl sites for hydroxylation is 1. The number of aromatic amines is 1. The molecule has 17 heavy (non-hydrogen) atoms. The van der Waals surface area contributed by atoms with E-state index in [9.17, 15) is 9.59 Å². The maximum absolute atomic E-state index is 12.0. The Labute approximate surface area is 97.9 Å². The summed E-state index contributed by atoms with van der Waals surface area (Å²) < 4.78 is 0. The van der Waals surface area contributed by atoms with Gasteiger partial charge in [0.1, 0.15) is 5.69 Å². The van der Waals surface area contributed by atoms with E-state index in [-0.39, 0.29) is 11.5 Å². The number of hydrogen-bond acceptors (Lipinski definition) is 2. The molecule has 0 unspecified atom stereocenters. The molecule has 1 heterocycles. The maximum atomic E-state index is 12.0. The predicted molar refractivity (Wildman–Crippen MR) is 62.4 cm³/mol. The van der Waals surface area contributed by atoms with E-state index in [0.29, 0.717) is 11.1 Å². The van der Waals surface area contributed by atoms with E-state index < -0.39 is 5.97 Å². The quantitative estimate of drug-likeness (QED) is 0.793. The monoisotopic (exact) mass is 229 g/mol. The van der Waals surface area contributed by atoms with Crippen molar-refractivity contribution in [2.45, 2.75) is 6.92 Å². The number of rotatable bonds is 3. The van der Waals surface area contributed by atoms with Gasteiger partial charge in [-0.05, 0) is 13.0 Å². The highest BCUT2D eigenvalue weighted by molar-refractivity contribution is 6.09.